The Morgan fingerprint density at radius 2 is 1.81 bits per heavy atom. The first-order chi connectivity index (χ1) is 12.7. The van der Waals surface area contributed by atoms with Crippen molar-refractivity contribution in [2.45, 2.75) is 25.2 Å². The van der Waals surface area contributed by atoms with Crippen molar-refractivity contribution in [3.63, 3.8) is 0 Å². The lowest BCUT2D eigenvalue weighted by Crippen LogP contribution is -2.35. The van der Waals surface area contributed by atoms with Crippen LogP contribution in [0.2, 0.25) is 0 Å². The van der Waals surface area contributed by atoms with Gasteiger partial charge in [-0.15, -0.1) is 0 Å². The fourth-order valence-electron chi connectivity index (χ4n) is 3.25. The van der Waals surface area contributed by atoms with Crippen LogP contribution in [-0.4, -0.2) is 55.1 Å². The summed E-state index contributed by atoms with van der Waals surface area (Å²) in [7, 11) is 5.86. The number of alkyl halides is 3. The Morgan fingerprint density at radius 3 is 2.44 bits per heavy atom. The number of hydrogen-bond acceptors (Lipinski definition) is 5. The van der Waals surface area contributed by atoms with Gasteiger partial charge in [0, 0.05) is 53.0 Å². The Hall–Kier alpha value is -2.35. The van der Waals surface area contributed by atoms with Gasteiger partial charge in [-0.1, -0.05) is 12.1 Å². The third kappa shape index (κ3) is 4.68. The number of benzene rings is 1. The van der Waals surface area contributed by atoms with E-state index in [9.17, 15) is 13.2 Å². The lowest BCUT2D eigenvalue weighted by molar-refractivity contribution is -0.137. The fourth-order valence-corrected chi connectivity index (χ4v) is 3.25. The highest BCUT2D eigenvalue weighted by Gasteiger charge is 2.30. The molecule has 0 spiro atoms. The number of likely N-dealkylation sites (N-methyl/N-ethyl adjacent to an activating group) is 1. The summed E-state index contributed by atoms with van der Waals surface area (Å²) in [5.41, 5.74) is 0.278. The molecule has 1 aliphatic rings. The highest BCUT2D eigenvalue weighted by Crippen LogP contribution is 2.29. The van der Waals surface area contributed by atoms with Crippen LogP contribution < -0.4 is 9.80 Å². The zero-order valence-corrected chi connectivity index (χ0v) is 15.7. The molecule has 1 aromatic carbocycles. The molecule has 8 heteroatoms. The van der Waals surface area contributed by atoms with Crippen molar-refractivity contribution in [2.75, 3.05) is 44.0 Å². The van der Waals surface area contributed by atoms with Crippen molar-refractivity contribution in [1.82, 2.24) is 14.9 Å². The summed E-state index contributed by atoms with van der Waals surface area (Å²) >= 11 is 0. The molecule has 0 radical (unpaired) electrons. The van der Waals surface area contributed by atoms with Crippen molar-refractivity contribution in [3.8, 4) is 0 Å². The molecule has 2 heterocycles. The highest BCUT2D eigenvalue weighted by atomic mass is 19.4. The molecule has 1 aromatic heterocycles. The van der Waals surface area contributed by atoms with Gasteiger partial charge in [0.2, 0.25) is 5.95 Å². The zero-order chi connectivity index (χ0) is 19.6. The van der Waals surface area contributed by atoms with Gasteiger partial charge in [-0.25, -0.2) is 4.98 Å². The van der Waals surface area contributed by atoms with E-state index in [1.807, 2.05) is 32.1 Å². The second-order valence-electron chi connectivity index (χ2n) is 7.09. The van der Waals surface area contributed by atoms with Gasteiger partial charge in [0.15, 0.2) is 0 Å². The second kappa shape index (κ2) is 7.72. The summed E-state index contributed by atoms with van der Waals surface area (Å²) < 4.78 is 38.0. The van der Waals surface area contributed by atoms with Crippen LogP contribution in [0.15, 0.2) is 36.5 Å². The summed E-state index contributed by atoms with van der Waals surface area (Å²) in [5.74, 6) is 1.54. The third-order valence-corrected chi connectivity index (χ3v) is 4.88. The summed E-state index contributed by atoms with van der Waals surface area (Å²) in [4.78, 5) is 15.2. The smallest absolute Gasteiger partial charge is 0.363 e. The van der Waals surface area contributed by atoms with E-state index in [2.05, 4.69) is 19.8 Å². The van der Waals surface area contributed by atoms with Gasteiger partial charge in [-0.3, -0.25) is 4.90 Å². The van der Waals surface area contributed by atoms with Crippen molar-refractivity contribution < 1.29 is 13.2 Å². The molecule has 0 aliphatic carbocycles. The predicted molar refractivity (Wildman–Crippen MR) is 99.9 cm³/mol. The number of rotatable bonds is 5. The van der Waals surface area contributed by atoms with Crippen LogP contribution in [0.4, 0.5) is 24.9 Å². The van der Waals surface area contributed by atoms with Crippen LogP contribution in [-0.2, 0) is 12.7 Å². The lowest BCUT2D eigenvalue weighted by atomic mass is 10.1. The second-order valence-corrected chi connectivity index (χ2v) is 7.09. The molecule has 146 valence electrons. The molecule has 0 saturated carbocycles. The van der Waals surface area contributed by atoms with Gasteiger partial charge in [0.25, 0.3) is 0 Å². The first-order valence-corrected chi connectivity index (χ1v) is 8.86. The van der Waals surface area contributed by atoms with Gasteiger partial charge < -0.3 is 9.80 Å². The van der Waals surface area contributed by atoms with Gasteiger partial charge in [0.05, 0.1) is 5.56 Å². The molecule has 0 bridgehead atoms. The monoisotopic (exact) mass is 379 g/mol. The first kappa shape index (κ1) is 19.4. The van der Waals surface area contributed by atoms with E-state index in [0.29, 0.717) is 12.5 Å². The van der Waals surface area contributed by atoms with Gasteiger partial charge in [0.1, 0.15) is 5.82 Å². The molecule has 1 aliphatic heterocycles. The Balaban J connectivity index is 1.60. The molecule has 1 unspecified atom stereocenters. The maximum atomic E-state index is 12.7. The van der Waals surface area contributed by atoms with E-state index in [4.69, 9.17) is 0 Å². The third-order valence-electron chi connectivity index (χ3n) is 4.88. The number of nitrogens with zero attached hydrogens (tertiary/aromatic N) is 5. The Bertz CT molecular complexity index is 761. The molecule has 0 N–H and O–H groups in total. The predicted octanol–water partition coefficient (Wildman–Crippen LogP) is 3.27. The SMILES string of the molecule is CN(C)c1ccnc(N(C)C2CCN(Cc3ccc(C(F)(F)F)cc3)C2)n1. The van der Waals surface area contributed by atoms with E-state index >= 15 is 0 Å². The van der Waals surface area contributed by atoms with Gasteiger partial charge >= 0.3 is 6.18 Å². The van der Waals surface area contributed by atoms with Crippen molar-refractivity contribution in [1.29, 1.82) is 0 Å². The van der Waals surface area contributed by atoms with Crippen LogP contribution in [0.5, 0.6) is 0 Å². The molecule has 1 fully saturated rings. The normalized spacial score (nSPS) is 17.9. The minimum atomic E-state index is -4.29. The van der Waals surface area contributed by atoms with Crippen molar-refractivity contribution in [3.05, 3.63) is 47.7 Å². The van der Waals surface area contributed by atoms with Crippen LogP contribution in [0, 0.1) is 0 Å². The minimum absolute atomic E-state index is 0.275. The van der Waals surface area contributed by atoms with Crippen molar-refractivity contribution >= 4 is 11.8 Å². The van der Waals surface area contributed by atoms with E-state index < -0.39 is 11.7 Å². The minimum Gasteiger partial charge on any atom is -0.363 e. The van der Waals surface area contributed by atoms with Crippen LogP contribution in [0.25, 0.3) is 0 Å². The standard InChI is InChI=1S/C19H24F3N5/c1-25(2)17-8-10-23-18(24-17)26(3)16-9-11-27(13-16)12-14-4-6-15(7-5-14)19(20,21)22/h4-8,10,16H,9,11-13H2,1-3H3. The lowest BCUT2D eigenvalue weighted by Gasteiger charge is -2.25. The highest BCUT2D eigenvalue weighted by molar-refractivity contribution is 5.42. The van der Waals surface area contributed by atoms with E-state index in [0.717, 1.165) is 43.0 Å². The zero-order valence-electron chi connectivity index (χ0n) is 15.7. The first-order valence-electron chi connectivity index (χ1n) is 8.86. The Morgan fingerprint density at radius 1 is 1.11 bits per heavy atom. The van der Waals surface area contributed by atoms with E-state index in [1.165, 1.54) is 0 Å². The van der Waals surface area contributed by atoms with Crippen molar-refractivity contribution in [2.24, 2.45) is 0 Å². The quantitative estimate of drug-likeness (QED) is 0.797. The van der Waals surface area contributed by atoms with E-state index in [1.54, 1.807) is 18.3 Å². The summed E-state index contributed by atoms with van der Waals surface area (Å²) in [5, 5.41) is 0. The molecule has 2 aromatic rings. The summed E-state index contributed by atoms with van der Waals surface area (Å²) in [6.45, 7) is 2.36. The van der Waals surface area contributed by atoms with Crippen LogP contribution in [0.3, 0.4) is 0 Å². The molecule has 5 nitrogen and oxygen atoms in total. The number of hydrogen-bond donors (Lipinski definition) is 0. The number of likely N-dealkylation sites (tertiary alicyclic amines) is 1. The van der Waals surface area contributed by atoms with Crippen LogP contribution >= 0.6 is 0 Å². The molecule has 1 saturated heterocycles. The Labute approximate surface area is 157 Å². The molecule has 27 heavy (non-hydrogen) atoms. The molecule has 0 amide bonds. The number of anilines is 2. The van der Waals surface area contributed by atoms with E-state index in [-0.39, 0.29) is 6.04 Å². The molecule has 1 atom stereocenters. The largest absolute Gasteiger partial charge is 0.416 e. The maximum absolute atomic E-state index is 12.7. The number of aromatic nitrogens is 2. The van der Waals surface area contributed by atoms with Crippen LogP contribution in [0.1, 0.15) is 17.5 Å². The maximum Gasteiger partial charge on any atom is 0.416 e. The summed E-state index contributed by atoms with van der Waals surface area (Å²) in [6, 6.07) is 7.55. The topological polar surface area (TPSA) is 35.5 Å². The molecular formula is C19H24F3N5. The van der Waals surface area contributed by atoms with Gasteiger partial charge in [-0.2, -0.15) is 18.2 Å². The fraction of sp³-hybridized carbons (Fsp3) is 0.474. The molecule has 3 rings (SSSR count). The molecular weight excluding hydrogens is 355 g/mol. The number of halogens is 3. The average molecular weight is 379 g/mol. The summed E-state index contributed by atoms with van der Waals surface area (Å²) in [6.07, 6.45) is -1.57. The Kier molecular flexibility index (Phi) is 5.55. The average Bonchev–Trinajstić information content (AvgIpc) is 3.09. The van der Waals surface area contributed by atoms with Gasteiger partial charge in [-0.05, 0) is 30.2 Å².